The molecule has 1 unspecified atom stereocenters. The SMILES string of the molecule is CN(C(=O)c1ccc(Br)c(=O)[nH]1)C(CCO)Cc1cc(C(F)(F)F)cc(C(F)(F)F)c1. The number of amides is 1. The van der Waals surface area contributed by atoms with E-state index in [4.69, 9.17) is 0 Å². The van der Waals surface area contributed by atoms with Crippen molar-refractivity contribution in [2.45, 2.75) is 31.2 Å². The summed E-state index contributed by atoms with van der Waals surface area (Å²) in [6, 6.07) is 2.87. The molecular formula is C19H17BrF6N2O3. The standard InChI is InChI=1S/C19H17BrF6N2O3/c1-28(17(31)15-3-2-14(20)16(30)27-15)13(4-5-29)8-10-6-11(18(21,22)23)9-12(7-10)19(24,25)26/h2-3,6-7,9,13,29H,4-5,8H2,1H3,(H,27,30). The van der Waals surface area contributed by atoms with Crippen LogP contribution in [0.5, 0.6) is 0 Å². The van der Waals surface area contributed by atoms with Gasteiger partial charge in [0.1, 0.15) is 5.69 Å². The van der Waals surface area contributed by atoms with E-state index in [0.29, 0.717) is 12.1 Å². The lowest BCUT2D eigenvalue weighted by atomic mass is 9.97. The summed E-state index contributed by atoms with van der Waals surface area (Å²) in [6.45, 7) is -0.468. The number of pyridine rings is 1. The van der Waals surface area contributed by atoms with Crippen molar-refractivity contribution in [2.24, 2.45) is 0 Å². The molecule has 0 aliphatic heterocycles. The summed E-state index contributed by atoms with van der Waals surface area (Å²) in [5, 5.41) is 9.30. The van der Waals surface area contributed by atoms with Crippen LogP contribution in [0.25, 0.3) is 0 Å². The van der Waals surface area contributed by atoms with Crippen molar-refractivity contribution in [3.05, 3.63) is 67.5 Å². The second kappa shape index (κ2) is 9.43. The van der Waals surface area contributed by atoms with Crippen molar-refractivity contribution in [1.82, 2.24) is 9.88 Å². The zero-order valence-electron chi connectivity index (χ0n) is 15.9. The van der Waals surface area contributed by atoms with E-state index in [0.717, 1.165) is 4.90 Å². The number of carbonyl (C=O) groups is 1. The fraction of sp³-hybridized carbons (Fsp3) is 0.368. The Bertz CT molecular complexity index is 971. The summed E-state index contributed by atoms with van der Waals surface area (Å²) in [4.78, 5) is 27.7. The van der Waals surface area contributed by atoms with Gasteiger partial charge in [-0.25, -0.2) is 0 Å². The van der Waals surface area contributed by atoms with E-state index in [-0.39, 0.29) is 34.6 Å². The van der Waals surface area contributed by atoms with Crippen LogP contribution in [-0.4, -0.2) is 40.6 Å². The Balaban J connectivity index is 2.40. The first-order valence-corrected chi connectivity index (χ1v) is 9.58. The number of likely N-dealkylation sites (N-methyl/N-ethyl adjacent to an activating group) is 1. The molecule has 12 heteroatoms. The third-order valence-corrected chi connectivity index (χ3v) is 5.17. The first-order chi connectivity index (χ1) is 14.2. The van der Waals surface area contributed by atoms with Crippen molar-refractivity contribution >= 4 is 21.8 Å². The number of aromatic amines is 1. The fourth-order valence-corrected chi connectivity index (χ4v) is 3.16. The van der Waals surface area contributed by atoms with Crippen LogP contribution in [0.2, 0.25) is 0 Å². The molecule has 0 bridgehead atoms. The zero-order valence-corrected chi connectivity index (χ0v) is 17.5. The maximum Gasteiger partial charge on any atom is 0.416 e. The maximum absolute atomic E-state index is 13.1. The van der Waals surface area contributed by atoms with Gasteiger partial charge in [-0.05, 0) is 64.7 Å². The summed E-state index contributed by atoms with van der Waals surface area (Å²) in [5.41, 5.74) is -3.95. The van der Waals surface area contributed by atoms with E-state index in [9.17, 15) is 41.0 Å². The van der Waals surface area contributed by atoms with Crippen LogP contribution in [0.3, 0.4) is 0 Å². The van der Waals surface area contributed by atoms with Gasteiger partial charge in [-0.3, -0.25) is 9.59 Å². The van der Waals surface area contributed by atoms with Gasteiger partial charge in [-0.1, -0.05) is 0 Å². The Morgan fingerprint density at radius 2 is 1.65 bits per heavy atom. The Kier molecular flexibility index (Phi) is 7.58. The quantitative estimate of drug-likeness (QED) is 0.566. The van der Waals surface area contributed by atoms with Gasteiger partial charge in [0.15, 0.2) is 0 Å². The summed E-state index contributed by atoms with van der Waals surface area (Å²) in [7, 11) is 1.28. The number of nitrogens with zero attached hydrogens (tertiary/aromatic N) is 1. The van der Waals surface area contributed by atoms with Crippen molar-refractivity contribution in [3.63, 3.8) is 0 Å². The lowest BCUT2D eigenvalue weighted by molar-refractivity contribution is -0.143. The Morgan fingerprint density at radius 1 is 1.10 bits per heavy atom. The second-order valence-electron chi connectivity index (χ2n) is 6.75. The van der Waals surface area contributed by atoms with Gasteiger partial charge in [0.2, 0.25) is 0 Å². The van der Waals surface area contributed by atoms with Crippen LogP contribution in [0.4, 0.5) is 26.3 Å². The van der Waals surface area contributed by atoms with Crippen molar-refractivity contribution in [2.75, 3.05) is 13.7 Å². The minimum atomic E-state index is -5.00. The third kappa shape index (κ3) is 6.33. The topological polar surface area (TPSA) is 73.4 Å². The Labute approximate surface area is 180 Å². The highest BCUT2D eigenvalue weighted by atomic mass is 79.9. The minimum absolute atomic E-state index is 0.0198. The number of nitrogens with one attached hydrogen (secondary N) is 1. The fourth-order valence-electron chi connectivity index (χ4n) is 2.93. The van der Waals surface area contributed by atoms with Crippen LogP contribution in [0.1, 0.15) is 33.6 Å². The number of benzene rings is 1. The lowest BCUT2D eigenvalue weighted by Gasteiger charge is -2.28. The number of hydrogen-bond donors (Lipinski definition) is 2. The summed E-state index contributed by atoms with van der Waals surface area (Å²) in [6.07, 6.45) is -10.5. The van der Waals surface area contributed by atoms with Crippen molar-refractivity contribution < 1.29 is 36.2 Å². The average molecular weight is 515 g/mol. The number of aliphatic hydroxyl groups excluding tert-OH is 1. The first-order valence-electron chi connectivity index (χ1n) is 8.79. The van der Waals surface area contributed by atoms with Gasteiger partial charge in [0.05, 0.1) is 15.6 Å². The number of alkyl halides is 6. The van der Waals surface area contributed by atoms with Gasteiger partial charge >= 0.3 is 12.4 Å². The molecule has 1 amide bonds. The van der Waals surface area contributed by atoms with Crippen LogP contribution >= 0.6 is 15.9 Å². The monoisotopic (exact) mass is 514 g/mol. The number of carbonyl (C=O) groups excluding carboxylic acids is 1. The Morgan fingerprint density at radius 3 is 2.10 bits per heavy atom. The van der Waals surface area contributed by atoms with Gasteiger partial charge in [0.25, 0.3) is 11.5 Å². The van der Waals surface area contributed by atoms with E-state index in [1.54, 1.807) is 0 Å². The predicted octanol–water partition coefficient (Wildman–Crippen LogP) is 4.24. The van der Waals surface area contributed by atoms with E-state index < -0.39 is 47.6 Å². The first kappa shape index (κ1) is 24.9. The number of H-pyrrole nitrogens is 1. The average Bonchev–Trinajstić information content (AvgIpc) is 2.67. The van der Waals surface area contributed by atoms with E-state index in [1.165, 1.54) is 19.2 Å². The smallest absolute Gasteiger partial charge is 0.396 e. The molecule has 0 saturated heterocycles. The van der Waals surface area contributed by atoms with Gasteiger partial charge in [0, 0.05) is 19.7 Å². The molecule has 31 heavy (non-hydrogen) atoms. The molecule has 0 aliphatic rings. The molecule has 2 aromatic rings. The van der Waals surface area contributed by atoms with Crippen LogP contribution < -0.4 is 5.56 Å². The molecule has 0 radical (unpaired) electrons. The minimum Gasteiger partial charge on any atom is -0.396 e. The number of aliphatic hydroxyl groups is 1. The summed E-state index contributed by atoms with van der Waals surface area (Å²) >= 11 is 2.97. The molecule has 5 nitrogen and oxygen atoms in total. The molecule has 0 spiro atoms. The van der Waals surface area contributed by atoms with E-state index in [2.05, 4.69) is 20.9 Å². The molecule has 2 N–H and O–H groups in total. The normalized spacial score (nSPS) is 13.2. The molecule has 1 aromatic carbocycles. The summed E-state index contributed by atoms with van der Waals surface area (Å²) < 4.78 is 78.7. The molecule has 1 atom stereocenters. The summed E-state index contributed by atoms with van der Waals surface area (Å²) in [5.74, 6) is -0.717. The third-order valence-electron chi connectivity index (χ3n) is 4.54. The van der Waals surface area contributed by atoms with E-state index in [1.807, 2.05) is 0 Å². The molecule has 170 valence electrons. The molecule has 1 heterocycles. The van der Waals surface area contributed by atoms with E-state index >= 15 is 0 Å². The van der Waals surface area contributed by atoms with Gasteiger partial charge in [-0.15, -0.1) is 0 Å². The number of aromatic nitrogens is 1. The number of hydrogen-bond acceptors (Lipinski definition) is 3. The van der Waals surface area contributed by atoms with Gasteiger partial charge in [-0.2, -0.15) is 26.3 Å². The molecule has 0 saturated carbocycles. The molecule has 1 aromatic heterocycles. The van der Waals surface area contributed by atoms with Crippen molar-refractivity contribution in [3.8, 4) is 0 Å². The van der Waals surface area contributed by atoms with Gasteiger partial charge < -0.3 is 15.0 Å². The molecular weight excluding hydrogens is 498 g/mol. The molecule has 0 aliphatic carbocycles. The Hall–Kier alpha value is -2.34. The van der Waals surface area contributed by atoms with Crippen molar-refractivity contribution in [1.29, 1.82) is 0 Å². The highest BCUT2D eigenvalue weighted by molar-refractivity contribution is 9.10. The second-order valence-corrected chi connectivity index (χ2v) is 7.60. The van der Waals surface area contributed by atoms with Crippen LogP contribution in [0.15, 0.2) is 39.6 Å². The number of halogens is 7. The highest BCUT2D eigenvalue weighted by Gasteiger charge is 2.37. The highest BCUT2D eigenvalue weighted by Crippen LogP contribution is 2.36. The molecule has 2 rings (SSSR count). The molecule has 0 fully saturated rings. The maximum atomic E-state index is 13.1. The number of rotatable bonds is 6. The largest absolute Gasteiger partial charge is 0.416 e. The lowest BCUT2D eigenvalue weighted by Crippen LogP contribution is -2.40. The van der Waals surface area contributed by atoms with Crippen LogP contribution in [-0.2, 0) is 18.8 Å². The predicted molar refractivity (Wildman–Crippen MR) is 102 cm³/mol. The zero-order chi connectivity index (χ0) is 23.6. The van der Waals surface area contributed by atoms with Crippen LogP contribution in [0, 0.1) is 0 Å².